The third-order valence-corrected chi connectivity index (χ3v) is 8.24. The molecule has 46 heavy (non-hydrogen) atoms. The molecule has 5 heteroatoms. The predicted molar refractivity (Wildman–Crippen MR) is 187 cm³/mol. The van der Waals surface area contributed by atoms with Gasteiger partial charge in [-0.1, -0.05) is 121 Å². The van der Waals surface area contributed by atoms with Crippen LogP contribution in [0.4, 0.5) is 0 Å². The van der Waals surface area contributed by atoms with E-state index in [0.29, 0.717) is 23.5 Å². The van der Waals surface area contributed by atoms with Gasteiger partial charge in [0.05, 0.1) is 5.56 Å². The van der Waals surface area contributed by atoms with E-state index in [2.05, 4.69) is 20.4 Å². The first-order valence-electron chi connectivity index (χ1n) is 17.5. The molecule has 0 heterocycles. The monoisotopic (exact) mass is 626 g/mol. The standard InChI is InChI=1S/C41H54O5/c1-4-7-9-11-12-13-14-16-18-40(46-39(42)6-3)44-37-29-23-34(24-30-37)19-20-35-25-31-38(32-26-35)45-41(43)36-27-21-33(22-28-36)17-15-10-8-5-2/h6,21-32,40H,3-5,7-20H2,1-2H3. The lowest BCUT2D eigenvalue weighted by Crippen LogP contribution is -2.23. The van der Waals surface area contributed by atoms with E-state index in [-0.39, 0.29) is 5.97 Å². The number of hydrogen-bond acceptors (Lipinski definition) is 5. The molecule has 5 nitrogen and oxygen atoms in total. The Kier molecular flexibility index (Phi) is 17.3. The van der Waals surface area contributed by atoms with Gasteiger partial charge in [0.1, 0.15) is 11.5 Å². The molecule has 0 spiro atoms. The SMILES string of the molecule is C=CC(=O)OC(CCCCCCCCCC)Oc1ccc(CCc2ccc(OC(=O)c3ccc(CCCCCC)cc3)cc2)cc1. The van der Waals surface area contributed by atoms with Crippen LogP contribution in [0.1, 0.15) is 124 Å². The molecule has 0 radical (unpaired) electrons. The minimum atomic E-state index is -0.622. The summed E-state index contributed by atoms with van der Waals surface area (Å²) in [5.74, 6) is 0.409. The molecule has 0 aliphatic heterocycles. The fourth-order valence-corrected chi connectivity index (χ4v) is 5.39. The lowest BCUT2D eigenvalue weighted by molar-refractivity contribution is -0.158. The van der Waals surface area contributed by atoms with Gasteiger partial charge in [0.2, 0.25) is 6.29 Å². The van der Waals surface area contributed by atoms with Crippen molar-refractivity contribution in [3.63, 3.8) is 0 Å². The van der Waals surface area contributed by atoms with Crippen molar-refractivity contribution in [2.75, 3.05) is 0 Å². The smallest absolute Gasteiger partial charge is 0.343 e. The lowest BCUT2D eigenvalue weighted by Gasteiger charge is -2.19. The highest BCUT2D eigenvalue weighted by molar-refractivity contribution is 5.91. The molecule has 0 aliphatic rings. The van der Waals surface area contributed by atoms with Gasteiger partial charge in [0, 0.05) is 12.5 Å². The van der Waals surface area contributed by atoms with Crippen LogP contribution in [0.25, 0.3) is 0 Å². The summed E-state index contributed by atoms with van der Waals surface area (Å²) < 4.78 is 17.1. The number of esters is 2. The van der Waals surface area contributed by atoms with Crippen molar-refractivity contribution in [3.8, 4) is 11.5 Å². The van der Waals surface area contributed by atoms with Gasteiger partial charge in [-0.15, -0.1) is 0 Å². The fraction of sp³-hybridized carbons (Fsp3) is 0.463. The van der Waals surface area contributed by atoms with Crippen LogP contribution in [0.5, 0.6) is 11.5 Å². The van der Waals surface area contributed by atoms with Crippen LogP contribution in [-0.2, 0) is 28.8 Å². The fourth-order valence-electron chi connectivity index (χ4n) is 5.39. The Bertz CT molecular complexity index is 1280. The first kappa shape index (κ1) is 36.6. The second-order valence-electron chi connectivity index (χ2n) is 12.1. The van der Waals surface area contributed by atoms with E-state index < -0.39 is 12.3 Å². The van der Waals surface area contributed by atoms with Crippen LogP contribution >= 0.6 is 0 Å². The van der Waals surface area contributed by atoms with Gasteiger partial charge in [0.25, 0.3) is 0 Å². The quantitative estimate of drug-likeness (QED) is 0.0344. The summed E-state index contributed by atoms with van der Waals surface area (Å²) in [6.45, 7) is 7.96. The van der Waals surface area contributed by atoms with Gasteiger partial charge in [0.15, 0.2) is 0 Å². The number of aryl methyl sites for hydroxylation is 3. The Balaban J connectivity index is 1.41. The highest BCUT2D eigenvalue weighted by Gasteiger charge is 2.15. The van der Waals surface area contributed by atoms with Gasteiger partial charge in [-0.2, -0.15) is 0 Å². The molecular weight excluding hydrogens is 572 g/mol. The maximum atomic E-state index is 12.6. The maximum Gasteiger partial charge on any atom is 0.343 e. The van der Waals surface area contributed by atoms with Crippen molar-refractivity contribution >= 4 is 11.9 Å². The first-order valence-corrected chi connectivity index (χ1v) is 17.5. The highest BCUT2D eigenvalue weighted by atomic mass is 16.7. The number of carbonyl (C=O) groups excluding carboxylic acids is 2. The topological polar surface area (TPSA) is 61.8 Å². The second-order valence-corrected chi connectivity index (χ2v) is 12.1. The summed E-state index contributed by atoms with van der Waals surface area (Å²) >= 11 is 0. The molecule has 3 aromatic carbocycles. The zero-order valence-electron chi connectivity index (χ0n) is 28.1. The van der Waals surface area contributed by atoms with Crippen LogP contribution in [0.3, 0.4) is 0 Å². The van der Waals surface area contributed by atoms with Crippen LogP contribution in [0.15, 0.2) is 85.5 Å². The lowest BCUT2D eigenvalue weighted by atomic mass is 10.0. The van der Waals surface area contributed by atoms with Gasteiger partial charge in [-0.05, 0) is 85.2 Å². The third kappa shape index (κ3) is 14.5. The number of benzene rings is 3. The molecule has 0 bridgehead atoms. The summed E-state index contributed by atoms with van der Waals surface area (Å²) in [7, 11) is 0. The van der Waals surface area contributed by atoms with Crippen molar-refractivity contribution in [1.29, 1.82) is 0 Å². The van der Waals surface area contributed by atoms with Crippen molar-refractivity contribution in [1.82, 2.24) is 0 Å². The second kappa shape index (κ2) is 21.8. The molecule has 0 aromatic heterocycles. The minimum absolute atomic E-state index is 0.341. The average molecular weight is 627 g/mol. The Morgan fingerprint density at radius 1 is 0.609 bits per heavy atom. The summed E-state index contributed by atoms with van der Waals surface area (Å²) in [4.78, 5) is 24.5. The Labute approximate surface area is 277 Å². The molecular formula is C41H54O5. The summed E-state index contributed by atoms with van der Waals surface area (Å²) in [5, 5.41) is 0. The van der Waals surface area contributed by atoms with Gasteiger partial charge in [-0.3, -0.25) is 0 Å². The van der Waals surface area contributed by atoms with Gasteiger partial charge in [-0.25, -0.2) is 9.59 Å². The summed E-state index contributed by atoms with van der Waals surface area (Å²) in [5.41, 5.74) is 4.16. The molecule has 3 aromatic rings. The van der Waals surface area contributed by atoms with E-state index >= 15 is 0 Å². The first-order chi connectivity index (χ1) is 22.5. The van der Waals surface area contributed by atoms with E-state index in [1.807, 2.05) is 72.8 Å². The van der Waals surface area contributed by atoms with E-state index in [0.717, 1.165) is 37.7 Å². The van der Waals surface area contributed by atoms with Crippen molar-refractivity contribution in [3.05, 3.63) is 108 Å². The van der Waals surface area contributed by atoms with Crippen molar-refractivity contribution in [2.45, 2.75) is 123 Å². The van der Waals surface area contributed by atoms with Crippen molar-refractivity contribution in [2.24, 2.45) is 0 Å². The molecule has 0 saturated heterocycles. The zero-order valence-corrected chi connectivity index (χ0v) is 28.1. The van der Waals surface area contributed by atoms with Crippen molar-refractivity contribution < 1.29 is 23.8 Å². The molecule has 0 aliphatic carbocycles. The van der Waals surface area contributed by atoms with Crippen LogP contribution in [0.2, 0.25) is 0 Å². The minimum Gasteiger partial charge on any atom is -0.455 e. The van der Waals surface area contributed by atoms with Crippen LogP contribution < -0.4 is 9.47 Å². The normalized spacial score (nSPS) is 11.5. The van der Waals surface area contributed by atoms with Gasteiger partial charge >= 0.3 is 11.9 Å². The van der Waals surface area contributed by atoms with Gasteiger partial charge < -0.3 is 14.2 Å². The average Bonchev–Trinajstić information content (AvgIpc) is 3.08. The zero-order chi connectivity index (χ0) is 32.8. The van der Waals surface area contributed by atoms with Crippen LogP contribution in [0, 0.1) is 0 Å². The molecule has 1 atom stereocenters. The van der Waals surface area contributed by atoms with E-state index in [1.54, 1.807) is 0 Å². The largest absolute Gasteiger partial charge is 0.455 e. The van der Waals surface area contributed by atoms with E-state index in [1.165, 1.54) is 81.4 Å². The summed E-state index contributed by atoms with van der Waals surface area (Å²) in [6.07, 6.45) is 18.6. The van der Waals surface area contributed by atoms with E-state index in [9.17, 15) is 9.59 Å². The molecule has 3 rings (SSSR count). The highest BCUT2D eigenvalue weighted by Crippen LogP contribution is 2.21. The Morgan fingerprint density at radius 3 is 1.65 bits per heavy atom. The molecule has 0 N–H and O–H groups in total. The molecule has 0 fully saturated rings. The number of rotatable bonds is 23. The number of ether oxygens (including phenoxy) is 3. The summed E-state index contributed by atoms with van der Waals surface area (Å²) in [6, 6.07) is 23.4. The van der Waals surface area contributed by atoms with E-state index in [4.69, 9.17) is 14.2 Å². The predicted octanol–water partition coefficient (Wildman–Crippen LogP) is 10.8. The molecule has 0 saturated carbocycles. The maximum absolute atomic E-state index is 12.6. The third-order valence-electron chi connectivity index (χ3n) is 8.24. The molecule has 1 unspecified atom stereocenters. The number of hydrogen-bond donors (Lipinski definition) is 0. The molecule has 248 valence electrons. The van der Waals surface area contributed by atoms with Crippen LogP contribution in [-0.4, -0.2) is 18.2 Å². The number of carbonyl (C=O) groups is 2. The molecule has 0 amide bonds. The Morgan fingerprint density at radius 2 is 1.09 bits per heavy atom. The number of unbranched alkanes of at least 4 members (excludes halogenated alkanes) is 10. The Hall–Kier alpha value is -3.86.